The van der Waals surface area contributed by atoms with E-state index in [1.807, 2.05) is 18.5 Å². The van der Waals surface area contributed by atoms with Crippen LogP contribution in [0, 0.1) is 0 Å². The molecule has 108 valence electrons. The molecule has 0 aliphatic carbocycles. The van der Waals surface area contributed by atoms with E-state index in [4.69, 9.17) is 9.05 Å². The van der Waals surface area contributed by atoms with Crippen molar-refractivity contribution in [2.45, 2.75) is 71.9 Å². The monoisotopic (exact) mass is 277 g/mol. The maximum atomic E-state index is 13.1. The molecule has 1 fully saturated rings. The standard InChI is InChI=1S/C13H28NO3P/c1-7-16-18(15,17-8-2)14-12(3,4)10-9-11-13(14,5)6/h7-11H2,1-6H3. The molecule has 0 radical (unpaired) electrons. The van der Waals surface area contributed by atoms with E-state index in [1.165, 1.54) is 0 Å². The fraction of sp³-hybridized carbons (Fsp3) is 1.00. The highest BCUT2D eigenvalue weighted by Crippen LogP contribution is 2.61. The molecule has 1 aliphatic heterocycles. The van der Waals surface area contributed by atoms with Crippen LogP contribution in [0.1, 0.15) is 60.8 Å². The summed E-state index contributed by atoms with van der Waals surface area (Å²) in [6.45, 7) is 13.0. The molecule has 0 aromatic carbocycles. The van der Waals surface area contributed by atoms with E-state index < -0.39 is 7.75 Å². The molecule has 0 saturated carbocycles. The van der Waals surface area contributed by atoms with Crippen molar-refractivity contribution < 1.29 is 13.6 Å². The van der Waals surface area contributed by atoms with Crippen molar-refractivity contribution in [3.8, 4) is 0 Å². The Kier molecular flexibility index (Phi) is 5.05. The molecule has 0 aromatic heterocycles. The maximum absolute atomic E-state index is 13.1. The predicted molar refractivity (Wildman–Crippen MR) is 74.7 cm³/mol. The van der Waals surface area contributed by atoms with E-state index in [9.17, 15) is 4.57 Å². The first-order valence-corrected chi connectivity index (χ1v) is 8.39. The first kappa shape index (κ1) is 16.2. The second-order valence-electron chi connectivity index (χ2n) is 6.09. The largest absolute Gasteiger partial charge is 0.409 e. The van der Waals surface area contributed by atoms with Gasteiger partial charge in [0.15, 0.2) is 0 Å². The van der Waals surface area contributed by atoms with Gasteiger partial charge < -0.3 is 0 Å². The Hall–Kier alpha value is 0.110. The molecule has 0 unspecified atom stereocenters. The summed E-state index contributed by atoms with van der Waals surface area (Å²) < 4.78 is 26.2. The molecule has 1 rings (SSSR count). The van der Waals surface area contributed by atoms with E-state index in [0.717, 1.165) is 19.3 Å². The van der Waals surface area contributed by atoms with Crippen molar-refractivity contribution in [3.05, 3.63) is 0 Å². The van der Waals surface area contributed by atoms with Crippen molar-refractivity contribution in [1.29, 1.82) is 0 Å². The van der Waals surface area contributed by atoms with Crippen molar-refractivity contribution in [2.24, 2.45) is 0 Å². The number of hydrogen-bond acceptors (Lipinski definition) is 3. The highest BCUT2D eigenvalue weighted by molar-refractivity contribution is 7.51. The van der Waals surface area contributed by atoms with Crippen molar-refractivity contribution >= 4 is 7.75 Å². The fourth-order valence-electron chi connectivity index (χ4n) is 3.13. The van der Waals surface area contributed by atoms with Crippen LogP contribution in [0.4, 0.5) is 0 Å². The third-order valence-corrected chi connectivity index (χ3v) is 6.30. The molecule has 1 saturated heterocycles. The highest BCUT2D eigenvalue weighted by atomic mass is 31.2. The Labute approximate surface area is 112 Å². The first-order chi connectivity index (χ1) is 8.19. The topological polar surface area (TPSA) is 38.8 Å². The minimum absolute atomic E-state index is 0.165. The van der Waals surface area contributed by atoms with Crippen molar-refractivity contribution in [1.82, 2.24) is 4.67 Å². The Bertz CT molecular complexity index is 302. The number of nitrogens with zero attached hydrogens (tertiary/aromatic N) is 1. The molecule has 0 amide bonds. The van der Waals surface area contributed by atoms with Gasteiger partial charge in [-0.1, -0.05) is 0 Å². The lowest BCUT2D eigenvalue weighted by molar-refractivity contribution is 0.0118. The highest BCUT2D eigenvalue weighted by Gasteiger charge is 2.52. The second kappa shape index (κ2) is 5.62. The van der Waals surface area contributed by atoms with Gasteiger partial charge in [0.2, 0.25) is 0 Å². The van der Waals surface area contributed by atoms with E-state index in [2.05, 4.69) is 27.7 Å². The van der Waals surface area contributed by atoms with Crippen LogP contribution < -0.4 is 0 Å². The van der Waals surface area contributed by atoms with Crippen LogP contribution in [0.5, 0.6) is 0 Å². The zero-order valence-corrected chi connectivity index (χ0v) is 13.5. The number of hydrogen-bond donors (Lipinski definition) is 0. The molecule has 0 aromatic rings. The van der Waals surface area contributed by atoms with Gasteiger partial charge in [0.25, 0.3) is 0 Å². The molecule has 0 atom stereocenters. The predicted octanol–water partition coefficient (Wildman–Crippen LogP) is 4.21. The van der Waals surface area contributed by atoms with E-state index in [1.54, 1.807) is 0 Å². The Morgan fingerprint density at radius 2 is 1.39 bits per heavy atom. The summed E-state index contributed by atoms with van der Waals surface area (Å²) in [5, 5.41) is 0. The minimum Gasteiger partial charge on any atom is -0.297 e. The Morgan fingerprint density at radius 3 is 1.72 bits per heavy atom. The number of rotatable bonds is 5. The minimum atomic E-state index is -3.20. The molecular formula is C13H28NO3P. The lowest BCUT2D eigenvalue weighted by Crippen LogP contribution is -2.56. The summed E-state index contributed by atoms with van der Waals surface area (Å²) in [7, 11) is -3.20. The van der Waals surface area contributed by atoms with Crippen molar-refractivity contribution in [2.75, 3.05) is 13.2 Å². The van der Waals surface area contributed by atoms with E-state index in [-0.39, 0.29) is 11.1 Å². The average molecular weight is 277 g/mol. The Balaban J connectivity index is 3.16. The van der Waals surface area contributed by atoms with Gasteiger partial charge in [-0.2, -0.15) is 4.67 Å². The molecule has 0 N–H and O–H groups in total. The van der Waals surface area contributed by atoms with Gasteiger partial charge in [0.1, 0.15) is 0 Å². The molecule has 1 aliphatic rings. The summed E-state index contributed by atoms with van der Waals surface area (Å²) in [5.41, 5.74) is -0.330. The van der Waals surface area contributed by atoms with Gasteiger partial charge in [-0.15, -0.1) is 0 Å². The average Bonchev–Trinajstić information content (AvgIpc) is 2.14. The summed E-state index contributed by atoms with van der Waals surface area (Å²) in [4.78, 5) is 0. The van der Waals surface area contributed by atoms with Crippen LogP contribution in [-0.2, 0) is 13.6 Å². The lowest BCUT2D eigenvalue weighted by atomic mass is 9.83. The smallest absolute Gasteiger partial charge is 0.297 e. The molecular weight excluding hydrogens is 249 g/mol. The van der Waals surface area contributed by atoms with Gasteiger partial charge in [-0.05, 0) is 60.8 Å². The number of piperidine rings is 1. The van der Waals surface area contributed by atoms with Crippen LogP contribution in [0.2, 0.25) is 0 Å². The maximum Gasteiger partial charge on any atom is 0.409 e. The summed E-state index contributed by atoms with van der Waals surface area (Å²) in [6.07, 6.45) is 3.18. The third-order valence-electron chi connectivity index (χ3n) is 3.55. The van der Waals surface area contributed by atoms with Crippen LogP contribution in [0.25, 0.3) is 0 Å². The quantitative estimate of drug-likeness (QED) is 0.706. The summed E-state index contributed by atoms with van der Waals surface area (Å²) >= 11 is 0. The van der Waals surface area contributed by atoms with Gasteiger partial charge >= 0.3 is 7.75 Å². The van der Waals surface area contributed by atoms with Crippen LogP contribution in [0.3, 0.4) is 0 Å². The van der Waals surface area contributed by atoms with Crippen molar-refractivity contribution in [3.63, 3.8) is 0 Å². The van der Waals surface area contributed by atoms with Crippen LogP contribution >= 0.6 is 7.75 Å². The lowest BCUT2D eigenvalue weighted by Gasteiger charge is -2.53. The van der Waals surface area contributed by atoms with E-state index >= 15 is 0 Å². The van der Waals surface area contributed by atoms with Crippen LogP contribution in [0.15, 0.2) is 0 Å². The summed E-state index contributed by atoms with van der Waals surface area (Å²) in [6, 6.07) is 0. The van der Waals surface area contributed by atoms with E-state index in [0.29, 0.717) is 13.2 Å². The van der Waals surface area contributed by atoms with Gasteiger partial charge in [0.05, 0.1) is 13.2 Å². The SMILES string of the molecule is CCOP(=O)(OCC)N1C(C)(C)CCCC1(C)C. The summed E-state index contributed by atoms with van der Waals surface area (Å²) in [5.74, 6) is 0. The fourth-order valence-corrected chi connectivity index (χ4v) is 5.61. The molecule has 1 heterocycles. The normalized spacial score (nSPS) is 24.1. The van der Waals surface area contributed by atoms with Gasteiger partial charge in [-0.3, -0.25) is 9.05 Å². The third kappa shape index (κ3) is 3.16. The molecule has 0 bridgehead atoms. The zero-order valence-electron chi connectivity index (χ0n) is 12.7. The first-order valence-electron chi connectivity index (χ1n) is 6.89. The molecule has 0 spiro atoms. The van der Waals surface area contributed by atoms with Crippen LogP contribution in [-0.4, -0.2) is 29.0 Å². The molecule has 5 heteroatoms. The molecule has 4 nitrogen and oxygen atoms in total. The molecule has 18 heavy (non-hydrogen) atoms. The van der Waals surface area contributed by atoms with Gasteiger partial charge in [-0.25, -0.2) is 4.57 Å². The van der Waals surface area contributed by atoms with Gasteiger partial charge in [0, 0.05) is 11.1 Å². The zero-order chi connectivity index (χ0) is 14.0. The Morgan fingerprint density at radius 1 is 1.00 bits per heavy atom. The second-order valence-corrected chi connectivity index (χ2v) is 7.95.